The van der Waals surface area contributed by atoms with Crippen LogP contribution >= 0.6 is 0 Å². The van der Waals surface area contributed by atoms with Gasteiger partial charge >= 0.3 is 0 Å². The molecule has 0 amide bonds. The van der Waals surface area contributed by atoms with E-state index >= 15 is 0 Å². The summed E-state index contributed by atoms with van der Waals surface area (Å²) in [6, 6.07) is 51.9. The molecule has 0 aromatic heterocycles. The van der Waals surface area contributed by atoms with Gasteiger partial charge in [-0.15, -0.1) is 5.56 Å². The minimum Gasteiger partial charge on any atom is -0.683 e. The van der Waals surface area contributed by atoms with Crippen molar-refractivity contribution in [3.05, 3.63) is 175 Å². The van der Waals surface area contributed by atoms with Crippen molar-refractivity contribution in [3.63, 3.8) is 0 Å². The van der Waals surface area contributed by atoms with Gasteiger partial charge in [-0.25, -0.2) is 0 Å². The average Bonchev–Trinajstić information content (AvgIpc) is 3.07. The molecule has 1 heterocycles. The van der Waals surface area contributed by atoms with E-state index < -0.39 is 0 Å². The zero-order valence-corrected chi connectivity index (χ0v) is 25.8. The molecule has 1 nitrogen and oxygen atoms in total. The van der Waals surface area contributed by atoms with Gasteiger partial charge in [-0.1, -0.05) is 140 Å². The van der Waals surface area contributed by atoms with Crippen molar-refractivity contribution in [1.29, 1.82) is 0 Å². The predicted molar refractivity (Wildman–Crippen MR) is 178 cm³/mol. The van der Waals surface area contributed by atoms with Gasteiger partial charge in [0.2, 0.25) is 0 Å². The molecule has 8 rings (SSSR count). The smallest absolute Gasteiger partial charge is 0 e. The minimum absolute atomic E-state index is 0. The van der Waals surface area contributed by atoms with Crippen LogP contribution in [0.3, 0.4) is 0 Å². The monoisotopic (exact) mass is 726 g/mol. The Morgan fingerprint density at radius 1 is 0.512 bits per heavy atom. The molecule has 1 aliphatic rings. The Bertz CT molecular complexity index is 2090. The van der Waals surface area contributed by atoms with Crippen molar-refractivity contribution >= 4 is 32.3 Å². The minimum atomic E-state index is -0.0117. The van der Waals surface area contributed by atoms with Gasteiger partial charge in [-0.2, -0.15) is 36.0 Å². The third kappa shape index (κ3) is 4.79. The van der Waals surface area contributed by atoms with Crippen molar-refractivity contribution in [3.8, 4) is 33.4 Å². The first-order valence-electron chi connectivity index (χ1n) is 14.4. The molecule has 1 atom stereocenters. The van der Waals surface area contributed by atoms with Crippen LogP contribution in [0.1, 0.15) is 11.6 Å². The van der Waals surface area contributed by atoms with E-state index in [1.807, 2.05) is 18.3 Å². The summed E-state index contributed by atoms with van der Waals surface area (Å²) < 4.78 is 0. The third-order valence-corrected chi connectivity index (χ3v) is 8.39. The maximum atomic E-state index is 4.66. The number of rotatable bonds is 4. The number of nitrogens with zero attached hydrogens (tertiary/aromatic N) is 1. The summed E-state index contributed by atoms with van der Waals surface area (Å²) in [5.74, 6) is 0. The molecule has 7 aromatic carbocycles. The zero-order valence-electron chi connectivity index (χ0n) is 23.4. The molecule has 1 aliphatic heterocycles. The average molecular weight is 726 g/mol. The predicted octanol–water partition coefficient (Wildman–Crippen LogP) is 11.4. The van der Waals surface area contributed by atoms with Crippen LogP contribution in [0.4, 0.5) is 0 Å². The van der Waals surface area contributed by atoms with Gasteiger partial charge in [0.05, 0.1) is 0 Å². The van der Waals surface area contributed by atoms with Crippen LogP contribution in [0.25, 0.3) is 71.0 Å². The largest absolute Gasteiger partial charge is 0.683 e. The van der Waals surface area contributed by atoms with Crippen LogP contribution in [0, 0.1) is 6.07 Å². The molecule has 0 spiro atoms. The topological polar surface area (TPSA) is 14.1 Å². The Morgan fingerprint density at radius 3 is 1.79 bits per heavy atom. The molecule has 43 heavy (non-hydrogen) atoms. The second-order valence-corrected chi connectivity index (χ2v) is 10.8. The Morgan fingerprint density at radius 2 is 1.09 bits per heavy atom. The van der Waals surface area contributed by atoms with Crippen LogP contribution in [-0.2, 0) is 20.1 Å². The molecular weight excluding hydrogens is 699 g/mol. The molecule has 0 saturated carbocycles. The Labute approximate surface area is 265 Å². The summed E-state index contributed by atoms with van der Waals surface area (Å²) in [5, 5.41) is 12.2. The molecule has 1 radical (unpaired) electrons. The number of hydrogen-bond donors (Lipinski definition) is 0. The van der Waals surface area contributed by atoms with E-state index in [-0.39, 0.29) is 26.1 Å². The molecule has 0 aliphatic carbocycles. The van der Waals surface area contributed by atoms with Crippen LogP contribution in [0.15, 0.2) is 158 Å². The molecule has 0 fully saturated rings. The van der Waals surface area contributed by atoms with E-state index in [1.54, 1.807) is 0 Å². The summed E-state index contributed by atoms with van der Waals surface area (Å²) in [7, 11) is 0. The van der Waals surface area contributed by atoms with Gasteiger partial charge in [0.25, 0.3) is 0 Å². The van der Waals surface area contributed by atoms with E-state index in [0.717, 1.165) is 5.56 Å². The van der Waals surface area contributed by atoms with Crippen LogP contribution < -0.4 is 0 Å². The first kappa shape index (κ1) is 27.1. The number of fused-ring (bicyclic) bond motifs is 3. The van der Waals surface area contributed by atoms with Gasteiger partial charge < -0.3 is 5.32 Å². The number of allylic oxidation sites excluding steroid dienone is 2. The van der Waals surface area contributed by atoms with Crippen molar-refractivity contribution in [2.45, 2.75) is 6.04 Å². The van der Waals surface area contributed by atoms with E-state index in [1.165, 1.54) is 65.7 Å². The fourth-order valence-electron chi connectivity index (χ4n) is 6.45. The van der Waals surface area contributed by atoms with E-state index in [4.69, 9.17) is 0 Å². The fourth-order valence-corrected chi connectivity index (χ4v) is 6.45. The van der Waals surface area contributed by atoms with Gasteiger partial charge in [-0.3, -0.25) is 0 Å². The Hall–Kier alpha value is -4.75. The summed E-state index contributed by atoms with van der Waals surface area (Å²) >= 11 is 0. The van der Waals surface area contributed by atoms with Crippen LogP contribution in [0.2, 0.25) is 0 Å². The number of benzene rings is 7. The van der Waals surface area contributed by atoms with Crippen molar-refractivity contribution in [1.82, 2.24) is 0 Å². The van der Waals surface area contributed by atoms with Crippen molar-refractivity contribution in [2.24, 2.45) is 0 Å². The molecule has 207 valence electrons. The van der Waals surface area contributed by atoms with Crippen molar-refractivity contribution in [2.75, 3.05) is 0 Å². The molecule has 0 saturated heterocycles. The maximum absolute atomic E-state index is 4.66. The summed E-state index contributed by atoms with van der Waals surface area (Å²) in [6.07, 6.45) is 8.02. The first-order valence-corrected chi connectivity index (χ1v) is 14.4. The second-order valence-electron chi connectivity index (χ2n) is 10.8. The SMILES string of the molecule is [Ir].[c-]1ccc(-c2ccc(-c3cccc4ccccc34)c3c(-c4cccc5ccccc45)cccc23)cc1C1C=CC=C[N-]1. The van der Waals surface area contributed by atoms with Gasteiger partial charge in [0, 0.05) is 20.1 Å². The summed E-state index contributed by atoms with van der Waals surface area (Å²) in [5.41, 5.74) is 8.44. The normalized spacial score (nSPS) is 14.1. The maximum Gasteiger partial charge on any atom is 0 e. The van der Waals surface area contributed by atoms with Crippen LogP contribution in [0.5, 0.6) is 0 Å². The Balaban J connectivity index is 0.00000300. The number of hydrogen-bond acceptors (Lipinski definition) is 0. The van der Waals surface area contributed by atoms with Gasteiger partial charge in [0.15, 0.2) is 0 Å². The van der Waals surface area contributed by atoms with E-state index in [9.17, 15) is 0 Å². The molecular formula is C41H27IrN-2. The zero-order chi connectivity index (χ0) is 27.9. The fraction of sp³-hybridized carbons (Fsp3) is 0.0244. The molecule has 1 unspecified atom stereocenters. The quantitative estimate of drug-likeness (QED) is 0.160. The summed E-state index contributed by atoms with van der Waals surface area (Å²) in [4.78, 5) is 0. The molecule has 0 bridgehead atoms. The molecule has 2 heteroatoms. The Kier molecular flexibility index (Phi) is 7.25. The third-order valence-electron chi connectivity index (χ3n) is 8.39. The van der Waals surface area contributed by atoms with Crippen LogP contribution in [-0.4, -0.2) is 0 Å². The molecule has 0 N–H and O–H groups in total. The van der Waals surface area contributed by atoms with E-state index in [2.05, 4.69) is 151 Å². The second kappa shape index (κ2) is 11.5. The molecule has 7 aromatic rings. The van der Waals surface area contributed by atoms with Gasteiger partial charge in [0.1, 0.15) is 0 Å². The van der Waals surface area contributed by atoms with E-state index in [0.29, 0.717) is 0 Å². The summed E-state index contributed by atoms with van der Waals surface area (Å²) in [6.45, 7) is 0. The standard InChI is InChI=1S/C41H27N.Ir/c1-3-17-32-28(11-1)13-8-19-35(32)38-22-10-21-37-34(30-15-7-16-31(27-30)40-23-5-6-26-42-40)24-25-39(41(37)38)36-20-9-14-29-12-2-4-18-33(29)36;/h1-15,17-27,40H;/q-2;. The van der Waals surface area contributed by atoms with Crippen molar-refractivity contribution < 1.29 is 20.1 Å². The van der Waals surface area contributed by atoms with Gasteiger partial charge in [-0.05, 0) is 60.1 Å². The first-order chi connectivity index (χ1) is 20.8.